The number of benzene rings is 2. The Morgan fingerprint density at radius 2 is 1.69 bits per heavy atom. The van der Waals surface area contributed by atoms with Gasteiger partial charge in [-0.15, -0.1) is 0 Å². The number of anilines is 1. The number of aromatic amines is 2. The average molecular weight is 364 g/mol. The molecule has 0 spiro atoms. The molecular weight excluding hydrogens is 346 g/mol. The van der Waals surface area contributed by atoms with E-state index in [1.165, 1.54) is 0 Å². The zero-order valence-electron chi connectivity index (χ0n) is 14.2. The maximum Gasteiger partial charge on any atom is 0.272 e. The maximum absolute atomic E-state index is 13.1. The van der Waals surface area contributed by atoms with Crippen LogP contribution in [0.4, 0.5) is 5.69 Å². The van der Waals surface area contributed by atoms with Crippen LogP contribution in [0.2, 0.25) is 5.02 Å². The summed E-state index contributed by atoms with van der Waals surface area (Å²) in [5, 5.41) is 1.60. The van der Waals surface area contributed by atoms with Crippen LogP contribution in [0.1, 0.15) is 12.8 Å². The minimum Gasteiger partial charge on any atom is -0.367 e. The second kappa shape index (κ2) is 5.92. The van der Waals surface area contributed by atoms with E-state index in [4.69, 9.17) is 11.6 Å². The van der Waals surface area contributed by atoms with E-state index in [2.05, 4.69) is 27.0 Å². The molecule has 5 rings (SSSR count). The van der Waals surface area contributed by atoms with Gasteiger partial charge in [-0.05, 0) is 36.6 Å². The third-order valence-electron chi connectivity index (χ3n) is 5.19. The van der Waals surface area contributed by atoms with Gasteiger partial charge in [0, 0.05) is 34.6 Å². The summed E-state index contributed by atoms with van der Waals surface area (Å²) in [4.78, 5) is 21.9. The molecule has 130 valence electrons. The highest BCUT2D eigenvalue weighted by Gasteiger charge is 2.24. The van der Waals surface area contributed by atoms with Crippen molar-refractivity contribution in [2.75, 3.05) is 18.0 Å². The summed E-state index contributed by atoms with van der Waals surface area (Å²) in [7, 11) is 0. The first kappa shape index (κ1) is 15.5. The standard InChI is InChI=1S/C21H18ClN3O/c22-14-8-9-16-15(12-14)18-19(23-16)17(13-6-2-1-3-7-13)20(21(26)24-18)25-10-4-5-11-25/h1-3,6-9,12,23H,4-5,10-11H2,(H,24,26). The molecule has 2 aromatic heterocycles. The van der Waals surface area contributed by atoms with Crippen LogP contribution >= 0.6 is 11.6 Å². The molecule has 0 radical (unpaired) electrons. The first-order valence-electron chi connectivity index (χ1n) is 8.90. The van der Waals surface area contributed by atoms with Gasteiger partial charge < -0.3 is 14.9 Å². The van der Waals surface area contributed by atoms with Gasteiger partial charge in [0.25, 0.3) is 5.56 Å². The van der Waals surface area contributed by atoms with Crippen molar-refractivity contribution in [3.05, 3.63) is 63.9 Å². The molecule has 0 saturated carbocycles. The van der Waals surface area contributed by atoms with Gasteiger partial charge in [-0.2, -0.15) is 0 Å². The van der Waals surface area contributed by atoms with Crippen molar-refractivity contribution in [1.29, 1.82) is 0 Å². The molecule has 1 saturated heterocycles. The first-order chi connectivity index (χ1) is 12.7. The molecule has 5 heteroatoms. The molecule has 0 unspecified atom stereocenters. The minimum atomic E-state index is -0.0425. The Morgan fingerprint density at radius 3 is 2.46 bits per heavy atom. The Labute approximate surface area is 155 Å². The van der Waals surface area contributed by atoms with Crippen molar-refractivity contribution in [2.24, 2.45) is 0 Å². The number of halogens is 1. The fourth-order valence-corrected chi connectivity index (χ4v) is 4.19. The number of nitrogens with zero attached hydrogens (tertiary/aromatic N) is 1. The second-order valence-corrected chi connectivity index (χ2v) is 7.24. The van der Waals surface area contributed by atoms with E-state index in [-0.39, 0.29) is 5.56 Å². The van der Waals surface area contributed by atoms with E-state index in [0.29, 0.717) is 5.02 Å². The van der Waals surface area contributed by atoms with Crippen LogP contribution in [0.5, 0.6) is 0 Å². The molecule has 0 atom stereocenters. The van der Waals surface area contributed by atoms with Gasteiger partial charge in [-0.25, -0.2) is 0 Å². The van der Waals surface area contributed by atoms with Crippen molar-refractivity contribution in [3.8, 4) is 11.1 Å². The average Bonchev–Trinajstić information content (AvgIpc) is 3.29. The van der Waals surface area contributed by atoms with Gasteiger partial charge >= 0.3 is 0 Å². The third-order valence-corrected chi connectivity index (χ3v) is 5.42. The molecule has 1 aliphatic rings. The molecule has 1 aliphatic heterocycles. The SMILES string of the molecule is O=c1[nH]c2c([nH]c3ccc(Cl)cc32)c(-c2ccccc2)c1N1CCCC1. The lowest BCUT2D eigenvalue weighted by atomic mass is 10.0. The number of fused-ring (bicyclic) bond motifs is 3. The van der Waals surface area contributed by atoms with Crippen LogP contribution in [-0.2, 0) is 0 Å². The molecule has 0 aliphatic carbocycles. The van der Waals surface area contributed by atoms with Gasteiger partial charge in [0.05, 0.1) is 11.0 Å². The van der Waals surface area contributed by atoms with Crippen LogP contribution in [0.25, 0.3) is 33.1 Å². The fourth-order valence-electron chi connectivity index (χ4n) is 4.01. The monoisotopic (exact) mass is 363 g/mol. The maximum atomic E-state index is 13.1. The van der Waals surface area contributed by atoms with Crippen LogP contribution < -0.4 is 10.5 Å². The summed E-state index contributed by atoms with van der Waals surface area (Å²) in [6, 6.07) is 15.9. The molecule has 3 heterocycles. The molecule has 4 aromatic rings. The number of pyridine rings is 1. The lowest BCUT2D eigenvalue weighted by Crippen LogP contribution is -2.26. The lowest BCUT2D eigenvalue weighted by molar-refractivity contribution is 0.949. The third kappa shape index (κ3) is 2.33. The normalized spacial score (nSPS) is 14.6. The first-order valence-corrected chi connectivity index (χ1v) is 9.28. The number of nitrogens with one attached hydrogen (secondary N) is 2. The van der Waals surface area contributed by atoms with Crippen LogP contribution in [0.3, 0.4) is 0 Å². The topological polar surface area (TPSA) is 51.9 Å². The summed E-state index contributed by atoms with van der Waals surface area (Å²) in [6.45, 7) is 1.83. The zero-order valence-corrected chi connectivity index (χ0v) is 14.9. The number of aromatic nitrogens is 2. The molecule has 4 nitrogen and oxygen atoms in total. The highest BCUT2D eigenvalue weighted by atomic mass is 35.5. The van der Waals surface area contributed by atoms with Gasteiger partial charge in [-0.3, -0.25) is 4.79 Å². The molecule has 0 amide bonds. The fraction of sp³-hybridized carbons (Fsp3) is 0.190. The number of H-pyrrole nitrogens is 2. The Morgan fingerprint density at radius 1 is 0.923 bits per heavy atom. The summed E-state index contributed by atoms with van der Waals surface area (Å²) in [5.74, 6) is 0. The van der Waals surface area contributed by atoms with Crippen molar-refractivity contribution in [2.45, 2.75) is 12.8 Å². The molecule has 0 bridgehead atoms. The Balaban J connectivity index is 1.93. The molecular formula is C21H18ClN3O. The Bertz CT molecular complexity index is 1170. The highest BCUT2D eigenvalue weighted by molar-refractivity contribution is 6.31. The van der Waals surface area contributed by atoms with Gasteiger partial charge in [0.1, 0.15) is 5.69 Å². The summed E-state index contributed by atoms with van der Waals surface area (Å²) < 4.78 is 0. The smallest absolute Gasteiger partial charge is 0.272 e. The molecule has 26 heavy (non-hydrogen) atoms. The van der Waals surface area contributed by atoms with Crippen LogP contribution in [-0.4, -0.2) is 23.1 Å². The summed E-state index contributed by atoms with van der Waals surface area (Å²) >= 11 is 6.19. The van der Waals surface area contributed by atoms with E-state index in [9.17, 15) is 4.79 Å². The van der Waals surface area contributed by atoms with Crippen molar-refractivity contribution < 1.29 is 0 Å². The Kier molecular flexibility index (Phi) is 3.54. The van der Waals surface area contributed by atoms with E-state index >= 15 is 0 Å². The minimum absolute atomic E-state index is 0.0425. The number of hydrogen-bond acceptors (Lipinski definition) is 2. The van der Waals surface area contributed by atoms with Crippen molar-refractivity contribution >= 4 is 39.2 Å². The van der Waals surface area contributed by atoms with Crippen LogP contribution in [0.15, 0.2) is 53.3 Å². The molecule has 2 aromatic carbocycles. The number of hydrogen-bond donors (Lipinski definition) is 2. The highest BCUT2D eigenvalue weighted by Crippen LogP contribution is 2.38. The predicted molar refractivity (Wildman–Crippen MR) is 108 cm³/mol. The molecule has 2 N–H and O–H groups in total. The lowest BCUT2D eigenvalue weighted by Gasteiger charge is -2.21. The summed E-state index contributed by atoms with van der Waals surface area (Å²) in [5.41, 5.74) is 5.47. The van der Waals surface area contributed by atoms with E-state index in [1.807, 2.05) is 36.4 Å². The van der Waals surface area contributed by atoms with Crippen molar-refractivity contribution in [3.63, 3.8) is 0 Å². The zero-order chi connectivity index (χ0) is 17.7. The van der Waals surface area contributed by atoms with E-state index in [0.717, 1.165) is 64.7 Å². The van der Waals surface area contributed by atoms with Crippen molar-refractivity contribution in [1.82, 2.24) is 9.97 Å². The van der Waals surface area contributed by atoms with E-state index < -0.39 is 0 Å². The quantitative estimate of drug-likeness (QED) is 0.530. The van der Waals surface area contributed by atoms with Gasteiger partial charge in [-0.1, -0.05) is 41.9 Å². The largest absolute Gasteiger partial charge is 0.367 e. The summed E-state index contributed by atoms with van der Waals surface area (Å²) in [6.07, 6.45) is 2.24. The van der Waals surface area contributed by atoms with Crippen LogP contribution in [0, 0.1) is 0 Å². The number of rotatable bonds is 2. The predicted octanol–water partition coefficient (Wildman–Crippen LogP) is 4.93. The molecule has 1 fully saturated rings. The van der Waals surface area contributed by atoms with E-state index in [1.54, 1.807) is 0 Å². The second-order valence-electron chi connectivity index (χ2n) is 6.80. The van der Waals surface area contributed by atoms with Gasteiger partial charge in [0.15, 0.2) is 0 Å². The Hall–Kier alpha value is -2.72. The van der Waals surface area contributed by atoms with Gasteiger partial charge in [0.2, 0.25) is 0 Å².